The molecule has 0 fully saturated rings. The van der Waals surface area contributed by atoms with Crippen LogP contribution in [0.2, 0.25) is 0 Å². The Morgan fingerprint density at radius 3 is 2.51 bits per heavy atom. The summed E-state index contributed by atoms with van der Waals surface area (Å²) < 4.78 is 32.1. The van der Waals surface area contributed by atoms with Gasteiger partial charge in [-0.3, -0.25) is 14.5 Å². The molecule has 0 unspecified atom stereocenters. The van der Waals surface area contributed by atoms with Crippen LogP contribution in [0.5, 0.6) is 0 Å². The molecule has 188 valence electrons. The van der Waals surface area contributed by atoms with Crippen LogP contribution in [0.3, 0.4) is 0 Å². The van der Waals surface area contributed by atoms with Crippen molar-refractivity contribution in [3.8, 4) is 11.1 Å². The number of halogens is 2. The van der Waals surface area contributed by atoms with Crippen molar-refractivity contribution in [3.05, 3.63) is 111 Å². The first kappa shape index (κ1) is 23.9. The molecule has 0 saturated heterocycles. The van der Waals surface area contributed by atoms with E-state index in [1.165, 1.54) is 47.0 Å². The molecule has 13 heteroatoms. The Kier molecular flexibility index (Phi) is 5.84. The van der Waals surface area contributed by atoms with Gasteiger partial charge in [0.25, 0.3) is 5.69 Å². The SMILES string of the molecule is C[C@@H](n1ncc2cc(-c3ccc([N+](=O)[O-])cc3)cn2c1=O)[C@](O)(Cn1cncn1)c1ccc(F)cc1F. The Labute approximate surface area is 207 Å². The van der Waals surface area contributed by atoms with Gasteiger partial charge >= 0.3 is 5.69 Å². The number of benzene rings is 2. The molecule has 0 radical (unpaired) electrons. The summed E-state index contributed by atoms with van der Waals surface area (Å²) in [5.74, 6) is -1.81. The number of hydrogen-bond acceptors (Lipinski definition) is 7. The van der Waals surface area contributed by atoms with Crippen molar-refractivity contribution < 1.29 is 18.8 Å². The van der Waals surface area contributed by atoms with Crippen molar-refractivity contribution in [2.24, 2.45) is 0 Å². The number of hydrogen-bond donors (Lipinski definition) is 1. The molecule has 3 aromatic heterocycles. The largest absolute Gasteiger partial charge is 0.381 e. The fourth-order valence-corrected chi connectivity index (χ4v) is 4.27. The highest BCUT2D eigenvalue weighted by molar-refractivity contribution is 5.70. The maximum absolute atomic E-state index is 14.9. The number of rotatable bonds is 7. The number of nitro benzene ring substituents is 1. The molecule has 1 N–H and O–H groups in total. The van der Waals surface area contributed by atoms with Gasteiger partial charge in [0.05, 0.1) is 29.2 Å². The zero-order valence-electron chi connectivity index (χ0n) is 19.3. The van der Waals surface area contributed by atoms with Crippen molar-refractivity contribution in [1.82, 2.24) is 28.9 Å². The minimum Gasteiger partial charge on any atom is -0.381 e. The Bertz CT molecular complexity index is 1670. The Hall–Kier alpha value is -4.78. The molecule has 0 spiro atoms. The third-order valence-electron chi connectivity index (χ3n) is 6.30. The fourth-order valence-electron chi connectivity index (χ4n) is 4.27. The highest BCUT2D eigenvalue weighted by atomic mass is 19.1. The first-order valence-electron chi connectivity index (χ1n) is 11.0. The Balaban J connectivity index is 1.59. The van der Waals surface area contributed by atoms with Crippen molar-refractivity contribution in [2.45, 2.75) is 25.1 Å². The molecule has 5 aromatic rings. The normalized spacial score (nSPS) is 13.9. The van der Waals surface area contributed by atoms with Crippen LogP contribution in [0.1, 0.15) is 18.5 Å². The van der Waals surface area contributed by atoms with E-state index in [0.29, 0.717) is 22.7 Å². The second-order valence-electron chi connectivity index (χ2n) is 8.52. The van der Waals surface area contributed by atoms with Gasteiger partial charge < -0.3 is 5.11 Å². The van der Waals surface area contributed by atoms with Gasteiger partial charge in [-0.05, 0) is 36.8 Å². The van der Waals surface area contributed by atoms with Gasteiger partial charge in [-0.25, -0.2) is 27.9 Å². The number of nitro groups is 1. The van der Waals surface area contributed by atoms with Crippen LogP contribution in [0.15, 0.2) is 78.4 Å². The van der Waals surface area contributed by atoms with Gasteiger partial charge in [-0.15, -0.1) is 0 Å². The average molecular weight is 507 g/mol. The van der Waals surface area contributed by atoms with Crippen molar-refractivity contribution in [2.75, 3.05) is 0 Å². The molecule has 0 bridgehead atoms. The van der Waals surface area contributed by atoms with Crippen LogP contribution in [0.25, 0.3) is 16.6 Å². The average Bonchev–Trinajstić information content (AvgIpc) is 3.54. The van der Waals surface area contributed by atoms with E-state index in [1.54, 1.807) is 24.4 Å². The number of nitrogens with zero attached hydrogens (tertiary/aromatic N) is 7. The van der Waals surface area contributed by atoms with Crippen LogP contribution in [-0.4, -0.2) is 39.0 Å². The molecule has 5 rings (SSSR count). The van der Waals surface area contributed by atoms with Crippen molar-refractivity contribution in [1.29, 1.82) is 0 Å². The monoisotopic (exact) mass is 507 g/mol. The van der Waals surface area contributed by atoms with Gasteiger partial charge in [-0.2, -0.15) is 10.2 Å². The Morgan fingerprint density at radius 2 is 1.86 bits per heavy atom. The summed E-state index contributed by atoms with van der Waals surface area (Å²) in [5, 5.41) is 30.9. The van der Waals surface area contributed by atoms with Gasteiger partial charge in [-0.1, -0.05) is 6.07 Å². The van der Waals surface area contributed by atoms with Crippen molar-refractivity contribution >= 4 is 11.2 Å². The van der Waals surface area contributed by atoms with Crippen LogP contribution >= 0.6 is 0 Å². The zero-order chi connectivity index (χ0) is 26.3. The molecule has 2 aromatic carbocycles. The lowest BCUT2D eigenvalue weighted by Gasteiger charge is -2.34. The molecular weight excluding hydrogens is 488 g/mol. The molecule has 0 aliphatic carbocycles. The summed E-state index contributed by atoms with van der Waals surface area (Å²) in [6.07, 6.45) is 5.51. The maximum Gasteiger partial charge on any atom is 0.349 e. The van der Waals surface area contributed by atoms with Crippen LogP contribution in [0, 0.1) is 21.7 Å². The van der Waals surface area contributed by atoms with E-state index in [9.17, 15) is 28.8 Å². The summed E-state index contributed by atoms with van der Waals surface area (Å²) in [6.45, 7) is 1.18. The van der Waals surface area contributed by atoms with Crippen LogP contribution in [0.4, 0.5) is 14.5 Å². The number of aromatic nitrogens is 6. The second kappa shape index (κ2) is 9.02. The first-order valence-corrected chi connectivity index (χ1v) is 11.0. The molecular formula is C24H19F2N7O4. The van der Waals surface area contributed by atoms with Gasteiger partial charge in [0.2, 0.25) is 0 Å². The zero-order valence-corrected chi connectivity index (χ0v) is 19.3. The summed E-state index contributed by atoms with van der Waals surface area (Å²) >= 11 is 0. The minimum atomic E-state index is -2.08. The van der Waals surface area contributed by atoms with E-state index >= 15 is 0 Å². The van der Waals surface area contributed by atoms with Gasteiger partial charge in [0.15, 0.2) is 0 Å². The summed E-state index contributed by atoms with van der Waals surface area (Å²) in [4.78, 5) is 27.7. The summed E-state index contributed by atoms with van der Waals surface area (Å²) in [5.41, 5.74) is -1.32. The fraction of sp³-hybridized carbons (Fsp3) is 0.167. The standard InChI is InChI=1S/C24H19F2N7O4/c1-15(24(35,12-30-14-27-13-29-30)21-7-4-18(25)9-22(21)26)32-23(34)31-11-17(8-20(31)10-28-32)16-2-5-19(6-3-16)33(36)37/h2-11,13-15,35H,12H2,1H3/t15-,24-/m1/s1. The number of non-ortho nitro benzene ring substituents is 1. The minimum absolute atomic E-state index is 0.0648. The van der Waals surface area contributed by atoms with E-state index in [-0.39, 0.29) is 17.8 Å². The van der Waals surface area contributed by atoms with Crippen molar-refractivity contribution in [3.63, 3.8) is 0 Å². The van der Waals surface area contributed by atoms with E-state index in [0.717, 1.165) is 16.8 Å². The maximum atomic E-state index is 14.9. The molecule has 37 heavy (non-hydrogen) atoms. The topological polar surface area (TPSA) is 133 Å². The third kappa shape index (κ3) is 4.25. The molecule has 2 atom stereocenters. The van der Waals surface area contributed by atoms with Gasteiger partial charge in [0.1, 0.15) is 29.9 Å². The second-order valence-corrected chi connectivity index (χ2v) is 8.52. The third-order valence-corrected chi connectivity index (χ3v) is 6.30. The lowest BCUT2D eigenvalue weighted by molar-refractivity contribution is -0.384. The molecule has 11 nitrogen and oxygen atoms in total. The Morgan fingerprint density at radius 1 is 1.11 bits per heavy atom. The smallest absolute Gasteiger partial charge is 0.349 e. The molecule has 0 aliphatic heterocycles. The number of aliphatic hydroxyl groups is 1. The highest BCUT2D eigenvalue weighted by Gasteiger charge is 2.41. The lowest BCUT2D eigenvalue weighted by Crippen LogP contribution is -2.45. The van der Waals surface area contributed by atoms with Gasteiger partial charge in [0, 0.05) is 35.5 Å². The summed E-state index contributed by atoms with van der Waals surface area (Å²) in [7, 11) is 0. The predicted octanol–water partition coefficient (Wildman–Crippen LogP) is 3.09. The number of fused-ring (bicyclic) bond motifs is 1. The van der Waals surface area contributed by atoms with E-state index in [4.69, 9.17) is 0 Å². The molecule has 0 saturated carbocycles. The highest BCUT2D eigenvalue weighted by Crippen LogP contribution is 2.36. The summed E-state index contributed by atoms with van der Waals surface area (Å²) in [6, 6.07) is 9.17. The predicted molar refractivity (Wildman–Crippen MR) is 127 cm³/mol. The van der Waals surface area contributed by atoms with Crippen LogP contribution < -0.4 is 5.69 Å². The molecule has 3 heterocycles. The molecule has 0 aliphatic rings. The molecule has 0 amide bonds. The van der Waals surface area contributed by atoms with E-state index in [2.05, 4.69) is 15.2 Å². The van der Waals surface area contributed by atoms with E-state index in [1.807, 2.05) is 0 Å². The first-order chi connectivity index (χ1) is 17.7. The van der Waals surface area contributed by atoms with Crippen LogP contribution in [-0.2, 0) is 12.1 Å². The lowest BCUT2D eigenvalue weighted by atomic mass is 9.86. The van der Waals surface area contributed by atoms with E-state index < -0.39 is 33.9 Å². The quantitative estimate of drug-likeness (QED) is 0.264.